The van der Waals surface area contributed by atoms with Crippen LogP contribution in [-0.2, 0) is 16.1 Å². The van der Waals surface area contributed by atoms with Crippen LogP contribution in [0.5, 0.6) is 0 Å². The molecule has 1 N–H and O–H groups in total. The van der Waals surface area contributed by atoms with Crippen LogP contribution in [0.2, 0.25) is 0 Å². The second-order valence-corrected chi connectivity index (χ2v) is 10.7. The average molecular weight is 549 g/mol. The third-order valence-electron chi connectivity index (χ3n) is 7.32. The number of nitrogens with one attached hydrogen (secondary N) is 1. The molecular formula is C32H32N6O3. The van der Waals surface area contributed by atoms with Crippen molar-refractivity contribution in [3.05, 3.63) is 96.2 Å². The lowest BCUT2D eigenvalue weighted by Gasteiger charge is -2.34. The number of ketones is 1. The molecule has 9 nitrogen and oxygen atoms in total. The summed E-state index contributed by atoms with van der Waals surface area (Å²) in [5.41, 5.74) is 3.25. The second-order valence-electron chi connectivity index (χ2n) is 10.7. The van der Waals surface area contributed by atoms with Gasteiger partial charge in [0, 0.05) is 28.4 Å². The number of nitrogens with zero attached hydrogens (tertiary/aromatic N) is 5. The van der Waals surface area contributed by atoms with E-state index in [4.69, 9.17) is 0 Å². The fourth-order valence-electron chi connectivity index (χ4n) is 4.70. The van der Waals surface area contributed by atoms with E-state index in [1.165, 1.54) is 16.5 Å². The Bertz CT molecular complexity index is 1740. The van der Waals surface area contributed by atoms with Crippen molar-refractivity contribution in [3.63, 3.8) is 0 Å². The van der Waals surface area contributed by atoms with E-state index < -0.39 is 11.6 Å². The van der Waals surface area contributed by atoms with Crippen molar-refractivity contribution in [3.8, 4) is 0 Å². The van der Waals surface area contributed by atoms with Gasteiger partial charge in [-0.1, -0.05) is 36.4 Å². The van der Waals surface area contributed by atoms with Crippen molar-refractivity contribution in [1.82, 2.24) is 25.3 Å². The molecule has 1 atom stereocenters. The lowest BCUT2D eigenvalue weighted by atomic mass is 9.97. The minimum Gasteiger partial charge on any atom is -0.349 e. The summed E-state index contributed by atoms with van der Waals surface area (Å²) in [6.07, 6.45) is 2.41. The summed E-state index contributed by atoms with van der Waals surface area (Å²) < 4.78 is 1.53. The highest BCUT2D eigenvalue weighted by atomic mass is 16.2. The molecule has 208 valence electrons. The van der Waals surface area contributed by atoms with Crippen molar-refractivity contribution in [2.45, 2.75) is 52.2 Å². The summed E-state index contributed by atoms with van der Waals surface area (Å²) in [6.45, 7) is 7.23. The molecule has 41 heavy (non-hydrogen) atoms. The number of anilines is 1. The highest BCUT2D eigenvalue weighted by Gasteiger charge is 2.35. The number of hydrogen-bond donors (Lipinski definition) is 1. The van der Waals surface area contributed by atoms with Crippen LogP contribution in [0.4, 0.5) is 5.69 Å². The number of para-hydroxylation sites is 1. The fourth-order valence-corrected chi connectivity index (χ4v) is 4.70. The molecule has 0 aliphatic rings. The summed E-state index contributed by atoms with van der Waals surface area (Å²) in [5.74, 6) is -0.783. The number of rotatable bonds is 9. The van der Waals surface area contributed by atoms with Crippen molar-refractivity contribution < 1.29 is 14.4 Å². The maximum absolute atomic E-state index is 14.3. The normalized spacial score (nSPS) is 12.3. The van der Waals surface area contributed by atoms with E-state index in [1.807, 2.05) is 75.4 Å². The Morgan fingerprint density at radius 3 is 2.44 bits per heavy atom. The van der Waals surface area contributed by atoms with E-state index in [-0.39, 0.29) is 24.1 Å². The number of fused-ring (bicyclic) bond motifs is 2. The van der Waals surface area contributed by atoms with Crippen LogP contribution in [0.15, 0.2) is 85.1 Å². The highest BCUT2D eigenvalue weighted by molar-refractivity contribution is 6.03. The molecule has 0 aliphatic heterocycles. The molecule has 0 radical (unpaired) electrons. The van der Waals surface area contributed by atoms with Crippen molar-refractivity contribution >= 4 is 45.2 Å². The minimum atomic E-state index is -1.02. The summed E-state index contributed by atoms with van der Waals surface area (Å²) in [5, 5.41) is 12.4. The van der Waals surface area contributed by atoms with E-state index in [0.29, 0.717) is 34.3 Å². The lowest BCUT2D eigenvalue weighted by molar-refractivity contribution is -0.128. The maximum atomic E-state index is 14.3. The molecule has 2 aromatic heterocycles. The number of carbonyl (C=O) groups excluding carboxylic acids is 3. The standard InChI is InChI=1S/C32H32N6O3/c1-5-32(3,4)34-31(41)30(24-14-17-26-23(19-24)9-8-18-33-26)38(25-15-12-22(13-16-25)21(2)39)29(40)20-37-28-11-7-6-10-27(28)35-36-37/h6-19,30H,5,20H2,1-4H3,(H,34,41)/t30-/m1/s1. The van der Waals surface area contributed by atoms with Gasteiger partial charge in [-0.2, -0.15) is 0 Å². The summed E-state index contributed by atoms with van der Waals surface area (Å²) in [6, 6.07) is 22.4. The number of Topliss-reactive ketones (excluding diaryl/α,β-unsaturated/α-hetero) is 1. The molecular weight excluding hydrogens is 516 g/mol. The number of aromatic nitrogens is 4. The highest BCUT2D eigenvalue weighted by Crippen LogP contribution is 2.31. The molecule has 0 bridgehead atoms. The van der Waals surface area contributed by atoms with Gasteiger partial charge in [0.2, 0.25) is 11.8 Å². The van der Waals surface area contributed by atoms with Gasteiger partial charge in [-0.05, 0) is 87.4 Å². The van der Waals surface area contributed by atoms with Gasteiger partial charge in [0.05, 0.1) is 11.0 Å². The predicted octanol–water partition coefficient (Wildman–Crippen LogP) is 5.26. The van der Waals surface area contributed by atoms with Crippen LogP contribution in [0.3, 0.4) is 0 Å². The first-order valence-corrected chi connectivity index (χ1v) is 13.5. The average Bonchev–Trinajstić information content (AvgIpc) is 3.37. The SMILES string of the molecule is CCC(C)(C)NC(=O)[C@@H](c1ccc2ncccc2c1)N(C(=O)Cn1nnc2ccccc21)c1ccc(C(C)=O)cc1. The van der Waals surface area contributed by atoms with Crippen LogP contribution in [0.25, 0.3) is 21.9 Å². The molecule has 2 heterocycles. The molecule has 2 amide bonds. The van der Waals surface area contributed by atoms with Gasteiger partial charge in [0.1, 0.15) is 18.1 Å². The quantitative estimate of drug-likeness (QED) is 0.252. The van der Waals surface area contributed by atoms with Crippen molar-refractivity contribution in [1.29, 1.82) is 0 Å². The summed E-state index contributed by atoms with van der Waals surface area (Å²) in [7, 11) is 0. The van der Waals surface area contributed by atoms with Crippen LogP contribution in [0.1, 0.15) is 56.1 Å². The van der Waals surface area contributed by atoms with Crippen molar-refractivity contribution in [2.24, 2.45) is 0 Å². The third-order valence-corrected chi connectivity index (χ3v) is 7.32. The zero-order chi connectivity index (χ0) is 29.1. The zero-order valence-corrected chi connectivity index (χ0v) is 23.5. The lowest BCUT2D eigenvalue weighted by Crippen LogP contribution is -2.51. The predicted molar refractivity (Wildman–Crippen MR) is 158 cm³/mol. The molecule has 3 aromatic carbocycles. The van der Waals surface area contributed by atoms with E-state index in [9.17, 15) is 14.4 Å². The van der Waals surface area contributed by atoms with Gasteiger partial charge in [-0.15, -0.1) is 5.10 Å². The van der Waals surface area contributed by atoms with Crippen molar-refractivity contribution in [2.75, 3.05) is 4.90 Å². The first-order chi connectivity index (χ1) is 19.7. The first kappa shape index (κ1) is 27.6. The largest absolute Gasteiger partial charge is 0.349 e. The van der Waals surface area contributed by atoms with Gasteiger partial charge in [0.25, 0.3) is 0 Å². The van der Waals surface area contributed by atoms with E-state index in [1.54, 1.807) is 30.5 Å². The van der Waals surface area contributed by atoms with Gasteiger partial charge >= 0.3 is 0 Å². The first-order valence-electron chi connectivity index (χ1n) is 13.5. The molecule has 5 aromatic rings. The number of pyridine rings is 1. The summed E-state index contributed by atoms with van der Waals surface area (Å²) in [4.78, 5) is 46.3. The zero-order valence-electron chi connectivity index (χ0n) is 23.5. The van der Waals surface area contributed by atoms with Gasteiger partial charge in [0.15, 0.2) is 5.78 Å². The molecule has 0 unspecified atom stereocenters. The Labute approximate surface area is 238 Å². The van der Waals surface area contributed by atoms with Crippen LogP contribution in [0, 0.1) is 0 Å². The smallest absolute Gasteiger partial charge is 0.249 e. The van der Waals surface area contributed by atoms with Crippen LogP contribution in [-0.4, -0.2) is 43.1 Å². The Balaban J connectivity index is 1.65. The maximum Gasteiger partial charge on any atom is 0.249 e. The Morgan fingerprint density at radius 2 is 1.71 bits per heavy atom. The molecule has 0 aliphatic carbocycles. The Kier molecular flexibility index (Phi) is 7.61. The molecule has 0 spiro atoms. The van der Waals surface area contributed by atoms with E-state index in [2.05, 4.69) is 20.6 Å². The van der Waals surface area contributed by atoms with Gasteiger partial charge in [-0.25, -0.2) is 4.68 Å². The minimum absolute atomic E-state index is 0.0930. The van der Waals surface area contributed by atoms with E-state index >= 15 is 0 Å². The van der Waals surface area contributed by atoms with Gasteiger partial charge in [-0.3, -0.25) is 24.3 Å². The Morgan fingerprint density at radius 1 is 0.951 bits per heavy atom. The van der Waals surface area contributed by atoms with E-state index in [0.717, 1.165) is 10.9 Å². The topological polar surface area (TPSA) is 110 Å². The number of benzene rings is 3. The molecule has 0 saturated heterocycles. The molecule has 9 heteroatoms. The van der Waals surface area contributed by atoms with Crippen LogP contribution < -0.4 is 10.2 Å². The number of hydrogen-bond acceptors (Lipinski definition) is 6. The molecule has 0 fully saturated rings. The summed E-state index contributed by atoms with van der Waals surface area (Å²) >= 11 is 0. The molecule has 5 rings (SSSR count). The fraction of sp³-hybridized carbons (Fsp3) is 0.250. The Hall–Kier alpha value is -4.92. The van der Waals surface area contributed by atoms with Crippen LogP contribution >= 0.6 is 0 Å². The second kappa shape index (κ2) is 11.3. The third kappa shape index (κ3) is 5.84. The molecule has 0 saturated carbocycles. The monoisotopic (exact) mass is 548 g/mol. The number of carbonyl (C=O) groups is 3. The number of amides is 2. The van der Waals surface area contributed by atoms with Gasteiger partial charge < -0.3 is 5.32 Å².